The summed E-state index contributed by atoms with van der Waals surface area (Å²) in [5, 5.41) is 10.1. The second-order valence-corrected chi connectivity index (χ2v) is 8.04. The van der Waals surface area contributed by atoms with Gasteiger partial charge in [0.1, 0.15) is 0 Å². The molecule has 3 aromatic rings. The maximum Gasteiger partial charge on any atom is 0.308 e. The van der Waals surface area contributed by atoms with Crippen LogP contribution < -0.4 is 0 Å². The molecule has 0 bridgehead atoms. The molecule has 0 saturated heterocycles. The lowest BCUT2D eigenvalue weighted by Gasteiger charge is -2.37. The molecule has 0 radical (unpaired) electrons. The summed E-state index contributed by atoms with van der Waals surface area (Å²) >= 11 is 0. The molecular weight excluding hydrogens is 358 g/mol. The lowest BCUT2D eigenvalue weighted by Crippen LogP contribution is -2.36. The minimum Gasteiger partial charge on any atom is -0.481 e. The summed E-state index contributed by atoms with van der Waals surface area (Å²) < 4.78 is 0. The molecule has 0 aromatic heterocycles. The van der Waals surface area contributed by atoms with E-state index >= 15 is 0 Å². The van der Waals surface area contributed by atoms with Crippen molar-refractivity contribution in [3.63, 3.8) is 0 Å². The molecule has 1 N–H and O–H groups in total. The first-order valence-electron chi connectivity index (χ1n) is 10.2. The third kappa shape index (κ3) is 3.96. The molecule has 3 atom stereocenters. The minimum absolute atomic E-state index is 0.0923. The van der Waals surface area contributed by atoms with E-state index in [2.05, 4.69) is 61.2 Å². The Labute approximate surface area is 172 Å². The molecule has 29 heavy (non-hydrogen) atoms. The fourth-order valence-corrected chi connectivity index (χ4v) is 4.57. The number of carboxylic acid groups (broad SMARTS) is 1. The number of benzene rings is 3. The van der Waals surface area contributed by atoms with E-state index in [1.54, 1.807) is 0 Å². The minimum atomic E-state index is -0.720. The van der Waals surface area contributed by atoms with Gasteiger partial charge in [0.25, 0.3) is 0 Å². The predicted molar refractivity (Wildman–Crippen MR) is 116 cm³/mol. The number of aliphatic carboxylic acids is 1. The van der Waals surface area contributed by atoms with Crippen molar-refractivity contribution < 1.29 is 9.90 Å². The van der Waals surface area contributed by atoms with Crippen LogP contribution in [0.15, 0.2) is 78.9 Å². The molecule has 1 aliphatic carbocycles. The van der Waals surface area contributed by atoms with Gasteiger partial charge in [-0.15, -0.1) is 0 Å². The molecule has 1 aliphatic rings. The van der Waals surface area contributed by atoms with Crippen molar-refractivity contribution in [3.8, 4) is 0 Å². The monoisotopic (exact) mass is 385 g/mol. The van der Waals surface area contributed by atoms with Crippen molar-refractivity contribution in [2.75, 3.05) is 0 Å². The number of carboxylic acids is 1. The Morgan fingerprint density at radius 2 is 1.69 bits per heavy atom. The first-order valence-corrected chi connectivity index (χ1v) is 10.2. The molecule has 0 fully saturated rings. The summed E-state index contributed by atoms with van der Waals surface area (Å²) in [6, 6.07) is 27.0. The van der Waals surface area contributed by atoms with E-state index in [1.807, 2.05) is 36.4 Å². The smallest absolute Gasteiger partial charge is 0.308 e. The van der Waals surface area contributed by atoms with Crippen LogP contribution in [0, 0.1) is 12.8 Å². The highest BCUT2D eigenvalue weighted by atomic mass is 16.4. The molecule has 0 amide bonds. The van der Waals surface area contributed by atoms with Crippen LogP contribution >= 0.6 is 0 Å². The van der Waals surface area contributed by atoms with Crippen molar-refractivity contribution in [3.05, 3.63) is 107 Å². The lowest BCUT2D eigenvalue weighted by molar-refractivity contribution is -0.144. The second kappa shape index (κ2) is 8.22. The highest BCUT2D eigenvalue weighted by molar-refractivity contribution is 5.73. The molecule has 3 heteroatoms. The molecule has 148 valence electrons. The molecule has 0 saturated carbocycles. The van der Waals surface area contributed by atoms with Crippen LogP contribution in [0.5, 0.6) is 0 Å². The zero-order valence-corrected chi connectivity index (χ0v) is 17.0. The van der Waals surface area contributed by atoms with Crippen LogP contribution in [0.1, 0.15) is 46.8 Å². The van der Waals surface area contributed by atoms with Gasteiger partial charge in [-0.25, -0.2) is 0 Å². The van der Waals surface area contributed by atoms with Gasteiger partial charge in [0.05, 0.1) is 5.92 Å². The topological polar surface area (TPSA) is 40.5 Å². The zero-order valence-electron chi connectivity index (χ0n) is 17.0. The van der Waals surface area contributed by atoms with Gasteiger partial charge in [-0.05, 0) is 42.5 Å². The van der Waals surface area contributed by atoms with E-state index in [1.165, 1.54) is 16.7 Å². The van der Waals surface area contributed by atoms with E-state index in [0.717, 1.165) is 11.1 Å². The van der Waals surface area contributed by atoms with Gasteiger partial charge in [-0.1, -0.05) is 84.4 Å². The Kier molecular flexibility index (Phi) is 5.50. The van der Waals surface area contributed by atoms with Crippen molar-refractivity contribution in [1.29, 1.82) is 0 Å². The summed E-state index contributed by atoms with van der Waals surface area (Å²) in [6.07, 6.45) is 0.586. The SMILES string of the molecule is Cc1ccc2c(c1)[C@@H](N(Cc1ccccc1)[C@H](C)c1ccccc1)[C@H](C(=O)O)C2. The van der Waals surface area contributed by atoms with Crippen LogP contribution in [0.3, 0.4) is 0 Å². The average Bonchev–Trinajstić information content (AvgIpc) is 3.11. The number of fused-ring (bicyclic) bond motifs is 1. The number of hydrogen-bond acceptors (Lipinski definition) is 2. The molecule has 0 spiro atoms. The Hall–Kier alpha value is -2.91. The van der Waals surface area contributed by atoms with Crippen LogP contribution in [0.25, 0.3) is 0 Å². The van der Waals surface area contributed by atoms with Gasteiger partial charge in [-0.2, -0.15) is 0 Å². The van der Waals surface area contributed by atoms with Crippen LogP contribution in [0.2, 0.25) is 0 Å². The highest BCUT2D eigenvalue weighted by Crippen LogP contribution is 2.45. The van der Waals surface area contributed by atoms with E-state index in [4.69, 9.17) is 0 Å². The van der Waals surface area contributed by atoms with Gasteiger partial charge >= 0.3 is 5.97 Å². The van der Waals surface area contributed by atoms with Gasteiger partial charge in [0.2, 0.25) is 0 Å². The molecule has 0 aliphatic heterocycles. The molecule has 0 unspecified atom stereocenters. The fraction of sp³-hybridized carbons (Fsp3) is 0.269. The number of hydrogen-bond donors (Lipinski definition) is 1. The molecule has 3 nitrogen and oxygen atoms in total. The van der Waals surface area contributed by atoms with Gasteiger partial charge in [-0.3, -0.25) is 9.69 Å². The van der Waals surface area contributed by atoms with E-state index < -0.39 is 11.9 Å². The molecular formula is C26H27NO2. The zero-order chi connectivity index (χ0) is 20.4. The first kappa shape index (κ1) is 19.4. The Morgan fingerprint density at radius 1 is 1.03 bits per heavy atom. The van der Waals surface area contributed by atoms with Crippen molar-refractivity contribution in [2.24, 2.45) is 5.92 Å². The Bertz CT molecular complexity index is 984. The van der Waals surface area contributed by atoms with E-state index in [0.29, 0.717) is 13.0 Å². The van der Waals surface area contributed by atoms with Crippen LogP contribution in [0.4, 0.5) is 0 Å². The third-order valence-corrected chi connectivity index (χ3v) is 6.10. The van der Waals surface area contributed by atoms with Crippen molar-refractivity contribution in [1.82, 2.24) is 4.90 Å². The quantitative estimate of drug-likeness (QED) is 0.604. The maximum absolute atomic E-state index is 12.3. The molecule has 4 rings (SSSR count). The van der Waals surface area contributed by atoms with Gasteiger partial charge in [0.15, 0.2) is 0 Å². The third-order valence-electron chi connectivity index (χ3n) is 6.10. The first-order chi connectivity index (χ1) is 14.0. The average molecular weight is 386 g/mol. The summed E-state index contributed by atoms with van der Waals surface area (Å²) in [5.74, 6) is -1.16. The van der Waals surface area contributed by atoms with E-state index in [-0.39, 0.29) is 12.1 Å². The summed E-state index contributed by atoms with van der Waals surface area (Å²) in [7, 11) is 0. The molecule has 3 aromatic carbocycles. The Balaban J connectivity index is 1.80. The summed E-state index contributed by atoms with van der Waals surface area (Å²) in [6.45, 7) is 4.97. The van der Waals surface area contributed by atoms with Gasteiger partial charge in [0, 0.05) is 18.6 Å². The number of nitrogens with zero attached hydrogens (tertiary/aromatic N) is 1. The lowest BCUT2D eigenvalue weighted by atomic mass is 9.94. The standard InChI is InChI=1S/C26H27NO2/c1-18-13-14-22-16-24(26(28)29)25(23(22)15-18)27(17-20-9-5-3-6-10-20)19(2)21-11-7-4-8-12-21/h3-15,19,24-25H,16-17H2,1-2H3,(H,28,29)/t19-,24-,25-/m1/s1. The predicted octanol–water partition coefficient (Wildman–Crippen LogP) is 5.56. The van der Waals surface area contributed by atoms with Gasteiger partial charge < -0.3 is 5.11 Å². The normalized spacial score (nSPS) is 19.1. The highest BCUT2D eigenvalue weighted by Gasteiger charge is 2.42. The Morgan fingerprint density at radius 3 is 2.34 bits per heavy atom. The largest absolute Gasteiger partial charge is 0.481 e. The summed E-state index contributed by atoms with van der Waals surface area (Å²) in [5.41, 5.74) is 5.89. The summed E-state index contributed by atoms with van der Waals surface area (Å²) in [4.78, 5) is 14.6. The second-order valence-electron chi connectivity index (χ2n) is 8.04. The number of aryl methyl sites for hydroxylation is 1. The maximum atomic E-state index is 12.3. The van der Waals surface area contributed by atoms with E-state index in [9.17, 15) is 9.90 Å². The number of carbonyl (C=O) groups is 1. The number of rotatable bonds is 6. The fourth-order valence-electron chi connectivity index (χ4n) is 4.57. The van der Waals surface area contributed by atoms with Crippen LogP contribution in [-0.2, 0) is 17.8 Å². The van der Waals surface area contributed by atoms with Crippen LogP contribution in [-0.4, -0.2) is 16.0 Å². The van der Waals surface area contributed by atoms with Crippen molar-refractivity contribution in [2.45, 2.75) is 38.9 Å². The van der Waals surface area contributed by atoms with Crippen molar-refractivity contribution >= 4 is 5.97 Å². The molecule has 0 heterocycles.